The fraction of sp³-hybridized carbons (Fsp3) is 1.00. The quantitative estimate of drug-likeness (QED) is 0.0794. The summed E-state index contributed by atoms with van der Waals surface area (Å²) in [6.45, 7) is 19.3. The van der Waals surface area contributed by atoms with Crippen molar-refractivity contribution < 1.29 is 57.2 Å². The Morgan fingerprint density at radius 3 is 0.911 bits per heavy atom. The highest BCUT2D eigenvalue weighted by Gasteiger charge is 2.59. The van der Waals surface area contributed by atoms with Gasteiger partial charge in [0.15, 0.2) is 33.3 Å². The topological polar surface area (TPSA) is 120 Å². The van der Waals surface area contributed by atoms with Crippen LogP contribution in [0.4, 0.5) is 0 Å². The molecule has 0 saturated heterocycles. The highest BCUT2D eigenvalue weighted by atomic mass is 28.5. The number of hydrogen-bond acceptors (Lipinski definition) is 13. The first-order valence-corrected chi connectivity index (χ1v) is 33.5. The predicted molar refractivity (Wildman–Crippen MR) is 192 cm³/mol. The van der Waals surface area contributed by atoms with Gasteiger partial charge in [0.05, 0.1) is 0 Å². The molecule has 0 fully saturated rings. The Morgan fingerprint density at radius 1 is 0.378 bits per heavy atom. The number of ether oxygens (including phenoxy) is 3. The Bertz CT molecular complexity index is 717. The van der Waals surface area contributed by atoms with Crippen LogP contribution in [0.2, 0.25) is 89.1 Å². The molecule has 272 valence electrons. The van der Waals surface area contributed by atoms with E-state index >= 15 is 0 Å². The van der Waals surface area contributed by atoms with Crippen molar-refractivity contribution in [3.63, 3.8) is 0 Å². The summed E-state index contributed by atoms with van der Waals surface area (Å²) >= 11 is 0. The van der Waals surface area contributed by atoms with Crippen molar-refractivity contribution in [3.05, 3.63) is 0 Å². The predicted octanol–water partition coefficient (Wildman–Crippen LogP) is 5.68. The molecule has 0 aliphatic heterocycles. The van der Waals surface area contributed by atoms with Gasteiger partial charge in [0.25, 0.3) is 5.97 Å². The molecular weight excluding hydrogens is 705 g/mol. The van der Waals surface area contributed by atoms with Gasteiger partial charge in [-0.1, -0.05) is 0 Å². The molecule has 0 saturated carbocycles. The molecule has 13 nitrogen and oxygen atoms in total. The Balaban J connectivity index is 6.82. The van der Waals surface area contributed by atoms with Gasteiger partial charge in [0, 0.05) is 82.5 Å². The van der Waals surface area contributed by atoms with Crippen LogP contribution in [-0.4, -0.2) is 130 Å². The van der Waals surface area contributed by atoms with Gasteiger partial charge < -0.3 is 57.2 Å². The highest BCUT2D eigenvalue weighted by molar-refractivity contribution is 6.92. The molecule has 0 heterocycles. The van der Waals surface area contributed by atoms with E-state index < -0.39 is 65.9 Å². The number of rotatable bonds is 26. The minimum Gasteiger partial charge on any atom is -0.396 e. The van der Waals surface area contributed by atoms with Crippen LogP contribution in [0.3, 0.4) is 0 Å². The summed E-state index contributed by atoms with van der Waals surface area (Å²) in [7, 11) is -5.00. The average Bonchev–Trinajstić information content (AvgIpc) is 2.94. The monoisotopic (exact) mass is 770 g/mol. The maximum atomic E-state index is 7.22. The summed E-state index contributed by atoms with van der Waals surface area (Å²) in [5.74, 6) is -1.18. The minimum absolute atomic E-state index is 0.460. The maximum absolute atomic E-state index is 7.22. The van der Waals surface area contributed by atoms with Crippen molar-refractivity contribution >= 4 is 59.9 Å². The van der Waals surface area contributed by atoms with E-state index in [0.29, 0.717) is 36.6 Å². The van der Waals surface area contributed by atoms with Crippen LogP contribution in [0, 0.1) is 0 Å². The summed E-state index contributed by atoms with van der Waals surface area (Å²) in [5.41, 5.74) is 0. The SMILES string of the molecule is COC(CC[Si](C)(C)O[Si](O[Si](C)(C)C)(O[Si](C)(C)CC[Si](OC)(OC)OC)O[Si](C)(C)CC[Si](OC)(OC)OC)(OC)OC. The molecule has 0 rings (SSSR count). The molecule has 0 aromatic carbocycles. The second-order valence-corrected chi connectivity index (χ2v) is 40.4. The zero-order chi connectivity index (χ0) is 35.4. The molecule has 0 aliphatic carbocycles. The standard InChI is InChI=1S/C25H66O13Si7/c1-26-25(27-2,28-3)19-20-40(13,14)36-45(35-39(10,11)12,37-41(15,16)21-23-43(29-4,30-5)31-6)38-42(17,18)22-24-44(32-7,33-8)34-9/h19-24H2,1-18H3. The van der Waals surface area contributed by atoms with E-state index in [1.165, 1.54) is 0 Å². The van der Waals surface area contributed by atoms with Gasteiger partial charge in [0.1, 0.15) is 0 Å². The molecule has 0 unspecified atom stereocenters. The summed E-state index contributed by atoms with van der Waals surface area (Å²) in [6.07, 6.45) is 0.460. The zero-order valence-corrected chi connectivity index (χ0v) is 38.5. The van der Waals surface area contributed by atoms with Gasteiger partial charge >= 0.3 is 26.7 Å². The van der Waals surface area contributed by atoms with Gasteiger partial charge in [0.2, 0.25) is 0 Å². The molecule has 0 bridgehead atoms. The Morgan fingerprint density at radius 2 is 0.667 bits per heavy atom. The Kier molecular flexibility index (Phi) is 19.3. The Labute approximate surface area is 281 Å². The lowest BCUT2D eigenvalue weighted by atomic mass is 10.4. The van der Waals surface area contributed by atoms with Gasteiger partial charge in [-0.2, -0.15) is 0 Å². The summed E-state index contributed by atoms with van der Waals surface area (Å²) in [6, 6.07) is 3.22. The second kappa shape index (κ2) is 18.8. The Hall–Kier alpha value is 0.998. The normalized spacial score (nSPS) is 14.8. The lowest BCUT2D eigenvalue weighted by Crippen LogP contribution is -2.66. The summed E-state index contributed by atoms with van der Waals surface area (Å²) in [5, 5.41) is 0. The van der Waals surface area contributed by atoms with Crippen LogP contribution in [0.5, 0.6) is 0 Å². The lowest BCUT2D eigenvalue weighted by Gasteiger charge is -2.46. The molecule has 0 aromatic heterocycles. The highest BCUT2D eigenvalue weighted by Crippen LogP contribution is 2.36. The van der Waals surface area contributed by atoms with Crippen molar-refractivity contribution in [1.82, 2.24) is 0 Å². The molecule has 0 aromatic rings. The first-order chi connectivity index (χ1) is 20.5. The van der Waals surface area contributed by atoms with Crippen LogP contribution in [0.1, 0.15) is 6.42 Å². The fourth-order valence-electron chi connectivity index (χ4n) is 4.70. The van der Waals surface area contributed by atoms with Crippen molar-refractivity contribution in [1.29, 1.82) is 0 Å². The maximum Gasteiger partial charge on any atom is 0.636 e. The van der Waals surface area contributed by atoms with Gasteiger partial charge in [-0.25, -0.2) is 0 Å². The molecule has 0 aliphatic rings. The molecule has 0 spiro atoms. The van der Waals surface area contributed by atoms with Gasteiger partial charge in [-0.15, -0.1) is 0 Å². The smallest absolute Gasteiger partial charge is 0.396 e. The first kappa shape index (κ1) is 46.0. The summed E-state index contributed by atoms with van der Waals surface area (Å²) < 4.78 is 79.8. The third-order valence-electron chi connectivity index (χ3n) is 7.53. The van der Waals surface area contributed by atoms with E-state index in [9.17, 15) is 0 Å². The third kappa shape index (κ3) is 15.6. The molecule has 20 heteroatoms. The van der Waals surface area contributed by atoms with Crippen molar-refractivity contribution in [3.8, 4) is 0 Å². The van der Waals surface area contributed by atoms with Crippen LogP contribution >= 0.6 is 0 Å². The van der Waals surface area contributed by atoms with E-state index in [4.69, 9.17) is 57.2 Å². The zero-order valence-electron chi connectivity index (χ0n) is 31.5. The lowest BCUT2D eigenvalue weighted by molar-refractivity contribution is -0.353. The molecule has 0 atom stereocenters. The van der Waals surface area contributed by atoms with Gasteiger partial charge in [-0.05, 0) is 77.1 Å². The van der Waals surface area contributed by atoms with E-state index in [0.717, 1.165) is 0 Å². The van der Waals surface area contributed by atoms with Crippen molar-refractivity contribution in [2.75, 3.05) is 64.0 Å². The average molecular weight is 771 g/mol. The van der Waals surface area contributed by atoms with E-state index in [1.807, 2.05) is 0 Å². The summed E-state index contributed by atoms with van der Waals surface area (Å²) in [4.78, 5) is 0. The van der Waals surface area contributed by atoms with E-state index in [2.05, 4.69) is 58.9 Å². The van der Waals surface area contributed by atoms with E-state index in [1.54, 1.807) is 64.0 Å². The van der Waals surface area contributed by atoms with Crippen LogP contribution in [0.15, 0.2) is 0 Å². The number of hydrogen-bond donors (Lipinski definition) is 0. The van der Waals surface area contributed by atoms with Crippen LogP contribution < -0.4 is 0 Å². The van der Waals surface area contributed by atoms with Crippen LogP contribution in [-0.2, 0) is 57.2 Å². The van der Waals surface area contributed by atoms with E-state index in [-0.39, 0.29) is 0 Å². The molecular formula is C25H66O13Si7. The first-order valence-electron chi connectivity index (χ1n) is 15.3. The van der Waals surface area contributed by atoms with Crippen molar-refractivity contribution in [2.24, 2.45) is 0 Å². The molecule has 0 N–H and O–H groups in total. The number of methoxy groups -OCH3 is 3. The second-order valence-electron chi connectivity index (χ2n) is 13.7. The minimum atomic E-state index is -3.81. The van der Waals surface area contributed by atoms with Crippen LogP contribution in [0.25, 0.3) is 0 Å². The van der Waals surface area contributed by atoms with Crippen molar-refractivity contribution in [2.45, 2.75) is 102 Å². The molecule has 0 radical (unpaired) electrons. The van der Waals surface area contributed by atoms with Gasteiger partial charge in [-0.3, -0.25) is 0 Å². The largest absolute Gasteiger partial charge is 0.636 e. The molecule has 45 heavy (non-hydrogen) atoms. The molecule has 0 amide bonds. The fourth-order valence-corrected chi connectivity index (χ4v) is 30.7. The third-order valence-corrected chi connectivity index (χ3v) is 31.4.